The molecule has 0 unspecified atom stereocenters. The highest BCUT2D eigenvalue weighted by atomic mass is 35.5. The van der Waals surface area contributed by atoms with Crippen molar-refractivity contribution < 1.29 is 4.79 Å². The number of halogens is 1. The van der Waals surface area contributed by atoms with Crippen molar-refractivity contribution in [3.05, 3.63) is 0 Å². The Hall–Kier alpha value is -0.240. The van der Waals surface area contributed by atoms with Crippen molar-refractivity contribution in [1.82, 2.24) is 4.90 Å². The van der Waals surface area contributed by atoms with Gasteiger partial charge < -0.3 is 4.90 Å². The molecule has 0 aromatic rings. The van der Waals surface area contributed by atoms with E-state index < -0.39 is 0 Å². The summed E-state index contributed by atoms with van der Waals surface area (Å²) in [6, 6.07) is 0. The molecule has 2 nitrogen and oxygen atoms in total. The molecule has 0 atom stereocenters. The van der Waals surface area contributed by atoms with Gasteiger partial charge in [0, 0.05) is 20.0 Å². The first kappa shape index (κ1) is 11.8. The second-order valence-corrected chi connectivity index (χ2v) is 4.21. The number of nitrogens with zero attached hydrogens (tertiary/aromatic N) is 1. The summed E-state index contributed by atoms with van der Waals surface area (Å²) in [5.41, 5.74) is 0.337. The van der Waals surface area contributed by atoms with E-state index in [4.69, 9.17) is 0 Å². The largest absolute Gasteiger partial charge is 0.342 e. The van der Waals surface area contributed by atoms with E-state index in [0.29, 0.717) is 5.41 Å². The predicted molar refractivity (Wildman–Crippen MR) is 52.5 cm³/mol. The molecule has 0 aliphatic carbocycles. The summed E-state index contributed by atoms with van der Waals surface area (Å²) in [7, 11) is 0. The SMILES string of the molecule is CC(=O)N1CCCC(C)(C)C1.Cl. The molecule has 1 aliphatic rings. The second kappa shape index (κ2) is 4.13. The molecule has 0 N–H and O–H groups in total. The van der Waals surface area contributed by atoms with Crippen LogP contribution in [0, 0.1) is 5.41 Å². The van der Waals surface area contributed by atoms with Crippen LogP contribution in [-0.4, -0.2) is 23.9 Å². The van der Waals surface area contributed by atoms with Crippen molar-refractivity contribution in [1.29, 1.82) is 0 Å². The molecule has 72 valence electrons. The maximum absolute atomic E-state index is 11.0. The van der Waals surface area contributed by atoms with Gasteiger partial charge in [-0.2, -0.15) is 0 Å². The quantitative estimate of drug-likeness (QED) is 0.574. The van der Waals surface area contributed by atoms with Crippen LogP contribution in [-0.2, 0) is 4.79 Å². The third kappa shape index (κ3) is 3.02. The van der Waals surface area contributed by atoms with Gasteiger partial charge >= 0.3 is 0 Å². The first-order valence-corrected chi connectivity index (χ1v) is 4.27. The molecular formula is C9H18ClNO. The summed E-state index contributed by atoms with van der Waals surface area (Å²) in [5, 5.41) is 0. The number of rotatable bonds is 0. The van der Waals surface area contributed by atoms with Crippen LogP contribution >= 0.6 is 12.4 Å². The molecule has 0 radical (unpaired) electrons. The van der Waals surface area contributed by atoms with Crippen molar-refractivity contribution >= 4 is 18.3 Å². The maximum atomic E-state index is 11.0. The number of hydrogen-bond donors (Lipinski definition) is 0. The molecular weight excluding hydrogens is 174 g/mol. The van der Waals surface area contributed by atoms with Crippen LogP contribution in [0.25, 0.3) is 0 Å². The van der Waals surface area contributed by atoms with Crippen molar-refractivity contribution in [2.45, 2.75) is 33.6 Å². The van der Waals surface area contributed by atoms with E-state index in [1.807, 2.05) is 4.90 Å². The molecule has 3 heteroatoms. The van der Waals surface area contributed by atoms with Gasteiger partial charge in [0.25, 0.3) is 0 Å². The summed E-state index contributed by atoms with van der Waals surface area (Å²) >= 11 is 0. The summed E-state index contributed by atoms with van der Waals surface area (Å²) < 4.78 is 0. The maximum Gasteiger partial charge on any atom is 0.219 e. The lowest BCUT2D eigenvalue weighted by Gasteiger charge is -2.37. The van der Waals surface area contributed by atoms with Crippen LogP contribution < -0.4 is 0 Å². The van der Waals surface area contributed by atoms with Crippen molar-refractivity contribution in [3.63, 3.8) is 0 Å². The molecule has 0 saturated carbocycles. The predicted octanol–water partition coefficient (Wildman–Crippen LogP) is 2.08. The minimum atomic E-state index is 0. The lowest BCUT2D eigenvalue weighted by molar-refractivity contribution is -0.131. The van der Waals surface area contributed by atoms with Crippen LogP contribution in [0.15, 0.2) is 0 Å². The minimum Gasteiger partial charge on any atom is -0.342 e. The van der Waals surface area contributed by atoms with Gasteiger partial charge in [-0.15, -0.1) is 12.4 Å². The molecule has 1 amide bonds. The Morgan fingerprint density at radius 2 is 2.00 bits per heavy atom. The first-order valence-electron chi connectivity index (χ1n) is 4.27. The summed E-state index contributed by atoms with van der Waals surface area (Å²) in [5.74, 6) is 0.220. The van der Waals surface area contributed by atoms with E-state index in [2.05, 4.69) is 13.8 Å². The Labute approximate surface area is 80.7 Å². The highest BCUT2D eigenvalue weighted by Crippen LogP contribution is 2.28. The van der Waals surface area contributed by atoms with E-state index in [-0.39, 0.29) is 18.3 Å². The van der Waals surface area contributed by atoms with Gasteiger partial charge in [0.2, 0.25) is 5.91 Å². The fraction of sp³-hybridized carbons (Fsp3) is 0.889. The van der Waals surface area contributed by atoms with Gasteiger partial charge in [0.15, 0.2) is 0 Å². The lowest BCUT2D eigenvalue weighted by atomic mass is 9.84. The minimum absolute atomic E-state index is 0. The van der Waals surface area contributed by atoms with E-state index in [0.717, 1.165) is 19.5 Å². The molecule has 1 rings (SSSR count). The molecule has 1 aliphatic heterocycles. The van der Waals surface area contributed by atoms with Crippen molar-refractivity contribution in [2.24, 2.45) is 5.41 Å². The fourth-order valence-electron chi connectivity index (χ4n) is 1.69. The molecule has 0 aromatic carbocycles. The third-order valence-electron chi connectivity index (χ3n) is 2.35. The Kier molecular flexibility index (Phi) is 4.04. The van der Waals surface area contributed by atoms with Gasteiger partial charge in [0.05, 0.1) is 0 Å². The van der Waals surface area contributed by atoms with Crippen LogP contribution in [0.5, 0.6) is 0 Å². The molecule has 0 spiro atoms. The topological polar surface area (TPSA) is 20.3 Å². The van der Waals surface area contributed by atoms with Gasteiger partial charge in [-0.05, 0) is 18.3 Å². The highest BCUT2D eigenvalue weighted by molar-refractivity contribution is 5.85. The van der Waals surface area contributed by atoms with Crippen LogP contribution in [0.2, 0.25) is 0 Å². The van der Waals surface area contributed by atoms with Gasteiger partial charge in [-0.1, -0.05) is 13.8 Å². The normalized spacial score (nSPS) is 21.4. The van der Waals surface area contributed by atoms with E-state index in [9.17, 15) is 4.79 Å². The third-order valence-corrected chi connectivity index (χ3v) is 2.35. The molecule has 1 heterocycles. The zero-order valence-electron chi connectivity index (χ0n) is 8.09. The van der Waals surface area contributed by atoms with Crippen LogP contribution in [0.3, 0.4) is 0 Å². The van der Waals surface area contributed by atoms with Gasteiger partial charge in [0.1, 0.15) is 0 Å². The number of hydrogen-bond acceptors (Lipinski definition) is 1. The number of likely N-dealkylation sites (tertiary alicyclic amines) is 1. The molecule has 12 heavy (non-hydrogen) atoms. The van der Waals surface area contributed by atoms with Gasteiger partial charge in [-0.3, -0.25) is 4.79 Å². The summed E-state index contributed by atoms with van der Waals surface area (Å²) in [6.07, 6.45) is 2.41. The van der Waals surface area contributed by atoms with Crippen LogP contribution in [0.1, 0.15) is 33.6 Å². The van der Waals surface area contributed by atoms with E-state index in [1.165, 1.54) is 6.42 Å². The van der Waals surface area contributed by atoms with E-state index >= 15 is 0 Å². The summed E-state index contributed by atoms with van der Waals surface area (Å²) in [6.45, 7) is 7.99. The van der Waals surface area contributed by atoms with Crippen LogP contribution in [0.4, 0.5) is 0 Å². The Bertz CT molecular complexity index is 168. The average molecular weight is 192 g/mol. The number of piperidine rings is 1. The van der Waals surface area contributed by atoms with E-state index in [1.54, 1.807) is 6.92 Å². The highest BCUT2D eigenvalue weighted by Gasteiger charge is 2.27. The van der Waals surface area contributed by atoms with Crippen molar-refractivity contribution in [2.75, 3.05) is 13.1 Å². The number of carbonyl (C=O) groups excluding carboxylic acids is 1. The number of carbonyl (C=O) groups is 1. The molecule has 0 aromatic heterocycles. The lowest BCUT2D eigenvalue weighted by Crippen LogP contribution is -2.42. The van der Waals surface area contributed by atoms with Crippen molar-refractivity contribution in [3.8, 4) is 0 Å². The first-order chi connectivity index (χ1) is 5.01. The fourth-order valence-corrected chi connectivity index (χ4v) is 1.69. The zero-order valence-corrected chi connectivity index (χ0v) is 8.91. The molecule has 1 fully saturated rings. The smallest absolute Gasteiger partial charge is 0.219 e. The Balaban J connectivity index is 0.00000121. The molecule has 0 bridgehead atoms. The van der Waals surface area contributed by atoms with Gasteiger partial charge in [-0.25, -0.2) is 0 Å². The zero-order chi connectivity index (χ0) is 8.48. The second-order valence-electron chi connectivity index (χ2n) is 4.21. The summed E-state index contributed by atoms with van der Waals surface area (Å²) in [4.78, 5) is 13.0. The average Bonchev–Trinajstić information content (AvgIpc) is 1.85. The Morgan fingerprint density at radius 3 is 2.33 bits per heavy atom. The number of amides is 1. The monoisotopic (exact) mass is 191 g/mol. The standard InChI is InChI=1S/C9H17NO.ClH/c1-8(11)10-6-4-5-9(2,3)7-10;/h4-7H2,1-3H3;1H. The molecule has 1 saturated heterocycles. The Morgan fingerprint density at radius 1 is 1.42 bits per heavy atom.